The van der Waals surface area contributed by atoms with Gasteiger partial charge in [0.15, 0.2) is 17.1 Å². The Morgan fingerprint density at radius 2 is 1.47 bits per heavy atom. The number of Topliss-reactive ketones (excluding diaryl/α,β-unsaturated/α-hetero) is 1. The standard InChI is InChI=1S/C17H21NO2.C11H19NO.C7H16.C5H12.C4H10.CH4O/c1-11(19)16-10-14-15(20-16)5-4-13(18-14)12-6-8-17(2,3)9-7-12;1-5-6-10(4)12-7-11(8-13)9(2)3;1-5-6-7(2,3)4;1-5(2,3)4;1-3-4-2;1-2/h4-5,10,12H,6-9H2,1-3H3;8,11H,2,5-7H2,1,3-4H3;5-6H2,1-4H3;1-4H3;3-4H2,1-2H3;2H,1H3. The highest BCUT2D eigenvalue weighted by Gasteiger charge is 2.28. The Morgan fingerprint density at radius 1 is 0.961 bits per heavy atom. The van der Waals surface area contributed by atoms with Gasteiger partial charge < -0.3 is 14.3 Å². The Balaban J connectivity index is -0.000000640. The largest absolute Gasteiger partial charge is 0.451 e. The number of aliphatic imine (C=N–C) groups is 1. The Morgan fingerprint density at radius 3 is 1.82 bits per heavy atom. The number of aromatic nitrogens is 1. The summed E-state index contributed by atoms with van der Waals surface area (Å²) in [5.41, 5.74) is 6.18. The van der Waals surface area contributed by atoms with Crippen LogP contribution in [0.5, 0.6) is 0 Å². The molecule has 6 heteroatoms. The fourth-order valence-corrected chi connectivity index (χ4v) is 4.80. The van der Waals surface area contributed by atoms with Crippen LogP contribution in [0.25, 0.3) is 11.1 Å². The number of furan rings is 1. The molecule has 2 aromatic rings. The van der Waals surface area contributed by atoms with E-state index in [-0.39, 0.29) is 11.7 Å². The van der Waals surface area contributed by atoms with Crippen molar-refractivity contribution in [3.63, 3.8) is 0 Å². The maximum Gasteiger partial charge on any atom is 0.195 e. The van der Waals surface area contributed by atoms with Crippen LogP contribution in [-0.2, 0) is 4.79 Å². The van der Waals surface area contributed by atoms with Gasteiger partial charge in [-0.05, 0) is 80.8 Å². The first-order chi connectivity index (χ1) is 23.5. The first-order valence-electron chi connectivity index (χ1n) is 19.5. The second-order valence-electron chi connectivity index (χ2n) is 17.5. The van der Waals surface area contributed by atoms with Gasteiger partial charge in [-0.25, -0.2) is 4.98 Å². The average Bonchev–Trinajstić information content (AvgIpc) is 3.46. The van der Waals surface area contributed by atoms with Crippen molar-refractivity contribution in [1.29, 1.82) is 0 Å². The number of aliphatic hydroxyl groups excluding tert-OH is 1. The molecule has 1 saturated carbocycles. The van der Waals surface area contributed by atoms with E-state index in [4.69, 9.17) is 14.5 Å². The minimum atomic E-state index is -0.105. The maximum atomic E-state index is 11.4. The van der Waals surface area contributed by atoms with E-state index in [1.807, 2.05) is 19.9 Å². The third-order valence-electron chi connectivity index (χ3n) is 7.97. The number of fused-ring (bicyclic) bond motifs is 1. The third kappa shape index (κ3) is 29.7. The molecule has 3 rings (SSSR count). The van der Waals surface area contributed by atoms with E-state index >= 15 is 0 Å². The average molecular weight is 715 g/mol. The van der Waals surface area contributed by atoms with Crippen molar-refractivity contribution in [3.05, 3.63) is 41.8 Å². The van der Waals surface area contributed by atoms with Crippen LogP contribution in [0.3, 0.4) is 0 Å². The Labute approximate surface area is 315 Å². The van der Waals surface area contributed by atoms with E-state index in [0.717, 1.165) is 48.7 Å². The van der Waals surface area contributed by atoms with E-state index in [0.29, 0.717) is 40.1 Å². The van der Waals surface area contributed by atoms with Gasteiger partial charge >= 0.3 is 0 Å². The van der Waals surface area contributed by atoms with Gasteiger partial charge in [-0.3, -0.25) is 9.79 Å². The molecule has 1 unspecified atom stereocenters. The van der Waals surface area contributed by atoms with Crippen LogP contribution in [0.4, 0.5) is 0 Å². The number of rotatable bonds is 10. The highest BCUT2D eigenvalue weighted by atomic mass is 16.3. The fraction of sp³-hybridized carbons (Fsp3) is 0.733. The van der Waals surface area contributed by atoms with Crippen molar-refractivity contribution in [3.8, 4) is 0 Å². The Hall–Kier alpha value is -2.60. The molecule has 0 aliphatic heterocycles. The van der Waals surface area contributed by atoms with Gasteiger partial charge in [-0.2, -0.15) is 0 Å². The summed E-state index contributed by atoms with van der Waals surface area (Å²) in [5, 5.41) is 7.00. The number of carbonyl (C=O) groups excluding carboxylic acids is 2. The topological polar surface area (TPSA) is 92.8 Å². The number of ketones is 1. The van der Waals surface area contributed by atoms with Crippen molar-refractivity contribution >= 4 is 28.9 Å². The molecule has 1 N–H and O–H groups in total. The number of aldehydes is 1. The monoisotopic (exact) mass is 715 g/mol. The minimum absolute atomic E-state index is 0.0519. The molecule has 0 aromatic carbocycles. The van der Waals surface area contributed by atoms with Gasteiger partial charge in [0.05, 0.1) is 12.5 Å². The lowest BCUT2D eigenvalue weighted by atomic mass is 9.72. The summed E-state index contributed by atoms with van der Waals surface area (Å²) >= 11 is 0. The molecule has 0 radical (unpaired) electrons. The van der Waals surface area contributed by atoms with Gasteiger partial charge in [-0.15, -0.1) is 0 Å². The second kappa shape index (κ2) is 28.0. The molecule has 0 amide bonds. The van der Waals surface area contributed by atoms with Crippen LogP contribution in [0.2, 0.25) is 0 Å². The quantitative estimate of drug-likeness (QED) is 0.114. The van der Waals surface area contributed by atoms with Crippen molar-refractivity contribution < 1.29 is 19.1 Å². The van der Waals surface area contributed by atoms with Crippen LogP contribution in [0, 0.1) is 22.2 Å². The number of aliphatic hydroxyl groups is 1. The van der Waals surface area contributed by atoms with Gasteiger partial charge in [0.2, 0.25) is 0 Å². The van der Waals surface area contributed by atoms with E-state index in [1.165, 1.54) is 58.3 Å². The number of pyridine rings is 1. The van der Waals surface area contributed by atoms with Crippen molar-refractivity contribution in [2.24, 2.45) is 27.2 Å². The van der Waals surface area contributed by atoms with Gasteiger partial charge in [0, 0.05) is 37.4 Å². The zero-order valence-corrected chi connectivity index (χ0v) is 36.5. The molecule has 51 heavy (non-hydrogen) atoms. The molecule has 0 spiro atoms. The van der Waals surface area contributed by atoms with E-state index in [1.54, 1.807) is 6.07 Å². The zero-order valence-electron chi connectivity index (χ0n) is 36.5. The van der Waals surface area contributed by atoms with Gasteiger partial charge in [0.1, 0.15) is 11.8 Å². The van der Waals surface area contributed by atoms with Crippen LogP contribution in [-0.4, -0.2) is 41.5 Å². The molecule has 6 nitrogen and oxygen atoms in total. The molecule has 1 aliphatic carbocycles. The molecular formula is C45H82N2O4. The lowest BCUT2D eigenvalue weighted by Gasteiger charge is -2.34. The highest BCUT2D eigenvalue weighted by molar-refractivity contribution is 5.95. The summed E-state index contributed by atoms with van der Waals surface area (Å²) in [6, 6.07) is 5.76. The normalized spacial score (nSPS) is 14.7. The lowest BCUT2D eigenvalue weighted by Crippen LogP contribution is -2.20. The fourth-order valence-electron chi connectivity index (χ4n) is 4.80. The minimum Gasteiger partial charge on any atom is -0.451 e. The Kier molecular flexibility index (Phi) is 28.9. The highest BCUT2D eigenvalue weighted by Crippen LogP contribution is 2.42. The summed E-state index contributed by atoms with van der Waals surface area (Å²) in [7, 11) is 1.00. The summed E-state index contributed by atoms with van der Waals surface area (Å²) in [6.07, 6.45) is 13.2. The predicted molar refractivity (Wildman–Crippen MR) is 224 cm³/mol. The summed E-state index contributed by atoms with van der Waals surface area (Å²) in [5.74, 6) is 0.785. The Bertz CT molecular complexity index is 1220. The summed E-state index contributed by atoms with van der Waals surface area (Å²) < 4.78 is 5.49. The molecule has 0 saturated heterocycles. The van der Waals surface area contributed by atoms with Crippen molar-refractivity contribution in [2.75, 3.05) is 13.7 Å². The smallest absolute Gasteiger partial charge is 0.195 e. The second-order valence-corrected chi connectivity index (χ2v) is 17.5. The molecule has 296 valence electrons. The maximum absolute atomic E-state index is 11.4. The first-order valence-corrected chi connectivity index (χ1v) is 19.5. The summed E-state index contributed by atoms with van der Waals surface area (Å²) in [4.78, 5) is 31.0. The van der Waals surface area contributed by atoms with Crippen LogP contribution < -0.4 is 0 Å². The van der Waals surface area contributed by atoms with Gasteiger partial charge in [0.25, 0.3) is 0 Å². The van der Waals surface area contributed by atoms with Crippen LogP contribution in [0.1, 0.15) is 197 Å². The molecule has 1 atom stereocenters. The molecule has 1 aliphatic rings. The lowest BCUT2D eigenvalue weighted by molar-refractivity contribution is -0.109. The van der Waals surface area contributed by atoms with E-state index in [2.05, 4.69) is 108 Å². The van der Waals surface area contributed by atoms with E-state index in [9.17, 15) is 9.59 Å². The SMILES string of the molecule is C=C(C)C(C=O)CN=C(C)CCC.CC(=O)c1cc2nc(C3CCC(C)(C)CC3)ccc2o1.CC(C)(C)C.CCCC.CCCC(C)(C)C.CO. The molecule has 2 aromatic heterocycles. The molecule has 0 bridgehead atoms. The van der Waals surface area contributed by atoms with Gasteiger partial charge in [-0.1, -0.05) is 128 Å². The summed E-state index contributed by atoms with van der Waals surface area (Å²) in [6.45, 7) is 38.7. The number of hydrogen-bond acceptors (Lipinski definition) is 6. The van der Waals surface area contributed by atoms with Crippen LogP contribution >= 0.6 is 0 Å². The zero-order chi connectivity index (χ0) is 40.4. The number of unbranched alkanes of at least 4 members (excludes halogenated alkanes) is 1. The first kappa shape index (κ1) is 52.8. The van der Waals surface area contributed by atoms with Crippen molar-refractivity contribution in [1.82, 2.24) is 4.98 Å². The van der Waals surface area contributed by atoms with Crippen LogP contribution in [0.15, 0.2) is 39.8 Å². The molecule has 2 heterocycles. The molecular weight excluding hydrogens is 633 g/mol. The molecule has 1 fully saturated rings. The number of nitrogens with zero attached hydrogens (tertiary/aromatic N) is 2. The third-order valence-corrected chi connectivity index (χ3v) is 7.97. The number of hydrogen-bond donors (Lipinski definition) is 1. The predicted octanol–water partition coefficient (Wildman–Crippen LogP) is 13.7. The van der Waals surface area contributed by atoms with Crippen molar-refractivity contribution in [2.45, 2.75) is 181 Å². The van der Waals surface area contributed by atoms with E-state index < -0.39 is 0 Å². The number of carbonyl (C=O) groups is 2.